The number of halogens is 1. The van der Waals surface area contributed by atoms with Crippen LogP contribution in [0.1, 0.15) is 23.1 Å². The van der Waals surface area contributed by atoms with E-state index in [9.17, 15) is 0 Å². The fourth-order valence-corrected chi connectivity index (χ4v) is 3.17. The highest BCUT2D eigenvalue weighted by Crippen LogP contribution is 2.38. The molecule has 1 aromatic heterocycles. The summed E-state index contributed by atoms with van der Waals surface area (Å²) in [5, 5.41) is 0. The molecule has 4 nitrogen and oxygen atoms in total. The third-order valence-electron chi connectivity index (χ3n) is 3.82. The molecule has 0 aliphatic carbocycles. The summed E-state index contributed by atoms with van der Waals surface area (Å²) in [6.45, 7) is 2.09. The zero-order valence-electron chi connectivity index (χ0n) is 10.8. The summed E-state index contributed by atoms with van der Waals surface area (Å²) in [7, 11) is 2.16. The number of H-pyrrole nitrogens is 1. The van der Waals surface area contributed by atoms with Gasteiger partial charge in [0.25, 0.3) is 0 Å². The first kappa shape index (κ1) is 12.7. The third kappa shape index (κ3) is 2.53. The van der Waals surface area contributed by atoms with Gasteiger partial charge >= 0.3 is 0 Å². The Labute approximate surface area is 121 Å². The normalized spacial score (nSPS) is 23.9. The Balaban J connectivity index is 1.92. The van der Waals surface area contributed by atoms with Crippen LogP contribution in [0.3, 0.4) is 0 Å². The van der Waals surface area contributed by atoms with Crippen LogP contribution in [0.25, 0.3) is 0 Å². The first-order chi connectivity index (χ1) is 9.13. The van der Waals surface area contributed by atoms with Gasteiger partial charge in [0.1, 0.15) is 0 Å². The first-order valence-electron chi connectivity index (χ1n) is 6.38. The molecule has 0 amide bonds. The van der Waals surface area contributed by atoms with E-state index in [4.69, 9.17) is 5.73 Å². The number of nitrogens with two attached hydrogens (primary N) is 1. The molecule has 3 rings (SSSR count). The molecule has 1 fully saturated rings. The summed E-state index contributed by atoms with van der Waals surface area (Å²) in [6, 6.07) is 8.60. The molecular weight excluding hydrogens is 304 g/mol. The Morgan fingerprint density at radius 1 is 1.26 bits per heavy atom. The van der Waals surface area contributed by atoms with Gasteiger partial charge in [0.15, 0.2) is 5.95 Å². The van der Waals surface area contributed by atoms with Crippen molar-refractivity contribution in [1.29, 1.82) is 0 Å². The topological polar surface area (TPSA) is 57.9 Å². The maximum atomic E-state index is 5.70. The zero-order chi connectivity index (χ0) is 13.4. The highest BCUT2D eigenvalue weighted by Gasteiger charge is 2.34. The van der Waals surface area contributed by atoms with Crippen molar-refractivity contribution in [2.75, 3.05) is 25.9 Å². The van der Waals surface area contributed by atoms with Crippen LogP contribution in [0.15, 0.2) is 34.9 Å². The smallest absolute Gasteiger partial charge is 0.197 e. The van der Waals surface area contributed by atoms with E-state index >= 15 is 0 Å². The lowest BCUT2D eigenvalue weighted by Gasteiger charge is -2.17. The predicted octanol–water partition coefficient (Wildman–Crippen LogP) is 2.57. The van der Waals surface area contributed by atoms with Crippen molar-refractivity contribution in [2.45, 2.75) is 11.8 Å². The molecule has 1 aliphatic heterocycles. The monoisotopic (exact) mass is 320 g/mol. The summed E-state index contributed by atoms with van der Waals surface area (Å²) in [5.74, 6) is 1.41. The highest BCUT2D eigenvalue weighted by atomic mass is 79.9. The average molecular weight is 321 g/mol. The first-order valence-corrected chi connectivity index (χ1v) is 7.17. The molecular formula is C14H17BrN4. The number of hydrogen-bond acceptors (Lipinski definition) is 3. The van der Waals surface area contributed by atoms with Gasteiger partial charge in [-0.1, -0.05) is 28.1 Å². The minimum atomic E-state index is 0.427. The number of rotatable bonds is 2. The maximum absolute atomic E-state index is 5.70. The van der Waals surface area contributed by atoms with E-state index in [1.807, 2.05) is 6.20 Å². The Morgan fingerprint density at radius 2 is 1.95 bits per heavy atom. The molecule has 0 saturated carbocycles. The molecule has 100 valence electrons. The van der Waals surface area contributed by atoms with Crippen LogP contribution >= 0.6 is 15.9 Å². The molecule has 1 aromatic carbocycles. The maximum Gasteiger partial charge on any atom is 0.197 e. The van der Waals surface area contributed by atoms with Crippen LogP contribution in [0.5, 0.6) is 0 Å². The standard InChI is InChI=1S/C14H17BrN4/c1-19-7-11(9-2-4-10(15)5-3-9)12(8-19)13-6-17-14(16)18-13/h2-6,11-12H,7-8H2,1H3,(H3,16,17,18)/t11-,12?/m1/s1. The molecule has 0 spiro atoms. The highest BCUT2D eigenvalue weighted by molar-refractivity contribution is 9.10. The summed E-state index contributed by atoms with van der Waals surface area (Å²) >= 11 is 3.49. The zero-order valence-corrected chi connectivity index (χ0v) is 12.4. The van der Waals surface area contributed by atoms with Gasteiger partial charge in [-0.3, -0.25) is 0 Å². The Bertz CT molecular complexity index is 563. The number of anilines is 1. The van der Waals surface area contributed by atoms with E-state index in [0.717, 1.165) is 23.3 Å². The summed E-state index contributed by atoms with van der Waals surface area (Å²) in [6.07, 6.45) is 1.87. The molecule has 0 radical (unpaired) electrons. The van der Waals surface area contributed by atoms with Crippen molar-refractivity contribution in [3.05, 3.63) is 46.2 Å². The molecule has 0 bridgehead atoms. The van der Waals surface area contributed by atoms with E-state index < -0.39 is 0 Å². The number of hydrogen-bond donors (Lipinski definition) is 2. The van der Waals surface area contributed by atoms with Crippen LogP contribution in [-0.2, 0) is 0 Å². The second-order valence-corrected chi connectivity index (χ2v) is 6.13. The number of benzene rings is 1. The van der Waals surface area contributed by atoms with E-state index in [2.05, 4.69) is 62.1 Å². The molecule has 19 heavy (non-hydrogen) atoms. The van der Waals surface area contributed by atoms with Gasteiger partial charge in [0.2, 0.25) is 0 Å². The number of nitrogens with zero attached hydrogens (tertiary/aromatic N) is 2. The van der Waals surface area contributed by atoms with Gasteiger partial charge in [-0.05, 0) is 24.7 Å². The molecule has 2 atom stereocenters. The van der Waals surface area contributed by atoms with E-state index in [0.29, 0.717) is 17.8 Å². The molecule has 1 saturated heterocycles. The van der Waals surface area contributed by atoms with Gasteiger partial charge in [0.05, 0.1) is 6.20 Å². The summed E-state index contributed by atoms with van der Waals surface area (Å²) in [4.78, 5) is 9.66. The van der Waals surface area contributed by atoms with Crippen molar-refractivity contribution in [2.24, 2.45) is 0 Å². The lowest BCUT2D eigenvalue weighted by Crippen LogP contribution is -2.13. The van der Waals surface area contributed by atoms with Gasteiger partial charge in [-0.25, -0.2) is 4.98 Å². The van der Waals surface area contributed by atoms with E-state index in [1.54, 1.807) is 0 Å². The summed E-state index contributed by atoms with van der Waals surface area (Å²) < 4.78 is 1.12. The number of aromatic nitrogens is 2. The van der Waals surface area contributed by atoms with Gasteiger partial charge in [-0.2, -0.15) is 0 Å². The van der Waals surface area contributed by atoms with E-state index in [1.165, 1.54) is 5.56 Å². The Morgan fingerprint density at radius 3 is 2.58 bits per heavy atom. The molecule has 3 N–H and O–H groups in total. The van der Waals surface area contributed by atoms with Crippen LogP contribution in [0.2, 0.25) is 0 Å². The lowest BCUT2D eigenvalue weighted by molar-refractivity contribution is 0.407. The van der Waals surface area contributed by atoms with Crippen LogP contribution in [0.4, 0.5) is 5.95 Å². The molecule has 2 heterocycles. The molecule has 1 unspecified atom stereocenters. The number of likely N-dealkylation sites (N-methyl/N-ethyl adjacent to an activating group) is 1. The second-order valence-electron chi connectivity index (χ2n) is 5.21. The second kappa shape index (κ2) is 4.98. The molecule has 2 aromatic rings. The van der Waals surface area contributed by atoms with Crippen LogP contribution < -0.4 is 5.73 Å². The van der Waals surface area contributed by atoms with Crippen molar-refractivity contribution < 1.29 is 0 Å². The fourth-order valence-electron chi connectivity index (χ4n) is 2.90. The van der Waals surface area contributed by atoms with Crippen molar-refractivity contribution in [3.63, 3.8) is 0 Å². The number of nitrogen functional groups attached to an aromatic ring is 1. The minimum absolute atomic E-state index is 0.427. The van der Waals surface area contributed by atoms with E-state index in [-0.39, 0.29) is 0 Å². The van der Waals surface area contributed by atoms with Crippen molar-refractivity contribution in [3.8, 4) is 0 Å². The van der Waals surface area contributed by atoms with Crippen LogP contribution in [0, 0.1) is 0 Å². The van der Waals surface area contributed by atoms with Gasteiger partial charge in [-0.15, -0.1) is 0 Å². The third-order valence-corrected chi connectivity index (χ3v) is 4.34. The summed E-state index contributed by atoms with van der Waals surface area (Å²) in [5.41, 5.74) is 8.20. The minimum Gasteiger partial charge on any atom is -0.369 e. The number of likely N-dealkylation sites (tertiary alicyclic amines) is 1. The fraction of sp³-hybridized carbons (Fsp3) is 0.357. The van der Waals surface area contributed by atoms with Gasteiger partial charge in [0, 0.05) is 35.1 Å². The van der Waals surface area contributed by atoms with Crippen LogP contribution in [-0.4, -0.2) is 35.0 Å². The lowest BCUT2D eigenvalue weighted by atomic mass is 9.87. The predicted molar refractivity (Wildman–Crippen MR) is 80.1 cm³/mol. The molecule has 1 aliphatic rings. The number of aromatic amines is 1. The van der Waals surface area contributed by atoms with Crippen molar-refractivity contribution >= 4 is 21.9 Å². The number of imidazole rings is 1. The average Bonchev–Trinajstić information content (AvgIpc) is 2.96. The Hall–Kier alpha value is -1.33. The largest absolute Gasteiger partial charge is 0.369 e. The quantitative estimate of drug-likeness (QED) is 0.894. The van der Waals surface area contributed by atoms with Gasteiger partial charge < -0.3 is 15.6 Å². The SMILES string of the molecule is CN1CC(c2cnc(N)[nH]2)[C@@H](c2ccc(Br)cc2)C1. The molecule has 5 heteroatoms. The van der Waals surface area contributed by atoms with Crippen molar-refractivity contribution in [1.82, 2.24) is 14.9 Å². The number of nitrogens with one attached hydrogen (secondary N) is 1. The Kier molecular flexibility index (Phi) is 3.33.